The Balaban J connectivity index is 1.52. The molecule has 2 heterocycles. The number of hydrogen-bond donors (Lipinski definition) is 0. The third kappa shape index (κ3) is 4.21. The van der Waals surface area contributed by atoms with Crippen molar-refractivity contribution in [1.82, 2.24) is 9.97 Å². The maximum absolute atomic E-state index is 13.7. The van der Waals surface area contributed by atoms with Crippen LogP contribution >= 0.6 is 15.9 Å². The Kier molecular flexibility index (Phi) is 5.58. The number of aromatic nitrogens is 2. The lowest BCUT2D eigenvalue weighted by molar-refractivity contribution is 0.623. The van der Waals surface area contributed by atoms with E-state index in [9.17, 15) is 4.39 Å². The summed E-state index contributed by atoms with van der Waals surface area (Å²) >= 11 is 3.51. The molecule has 0 N–H and O–H groups in total. The van der Waals surface area contributed by atoms with Gasteiger partial charge in [0.2, 0.25) is 5.95 Å². The Morgan fingerprint density at radius 2 is 1.46 bits per heavy atom. The molecule has 0 unspecified atom stereocenters. The van der Waals surface area contributed by atoms with Crippen LogP contribution in [0.4, 0.5) is 10.3 Å². The van der Waals surface area contributed by atoms with Gasteiger partial charge in [0.25, 0.3) is 0 Å². The summed E-state index contributed by atoms with van der Waals surface area (Å²) in [6, 6.07) is 32.7. The molecule has 1 aromatic heterocycles. The number of hydrazone groups is 1. The van der Waals surface area contributed by atoms with Crippen LogP contribution in [0.25, 0.3) is 22.2 Å². The largest absolute Gasteiger partial charge is 0.247 e. The second-order valence-electron chi connectivity index (χ2n) is 8.43. The van der Waals surface area contributed by atoms with Gasteiger partial charge in [0, 0.05) is 21.8 Å². The van der Waals surface area contributed by atoms with Crippen LogP contribution < -0.4 is 5.01 Å². The summed E-state index contributed by atoms with van der Waals surface area (Å²) in [6.45, 7) is 0. The average molecular weight is 523 g/mol. The number of nitrogens with zero attached hydrogens (tertiary/aromatic N) is 4. The van der Waals surface area contributed by atoms with Crippen molar-refractivity contribution < 1.29 is 4.39 Å². The van der Waals surface area contributed by atoms with Crippen molar-refractivity contribution in [2.45, 2.75) is 12.5 Å². The summed E-state index contributed by atoms with van der Waals surface area (Å²) in [7, 11) is 0. The first-order chi connectivity index (χ1) is 17.2. The van der Waals surface area contributed by atoms with E-state index in [-0.39, 0.29) is 11.9 Å². The van der Waals surface area contributed by atoms with E-state index in [1.54, 1.807) is 0 Å². The van der Waals surface area contributed by atoms with Gasteiger partial charge >= 0.3 is 0 Å². The maximum Gasteiger partial charge on any atom is 0.247 e. The lowest BCUT2D eigenvalue weighted by Crippen LogP contribution is -2.21. The highest BCUT2D eigenvalue weighted by Crippen LogP contribution is 2.37. The first-order valence-corrected chi connectivity index (χ1v) is 12.2. The lowest BCUT2D eigenvalue weighted by atomic mass is 9.98. The maximum atomic E-state index is 13.7. The molecule has 4 aromatic carbocycles. The van der Waals surface area contributed by atoms with Gasteiger partial charge in [-0.05, 0) is 41.5 Å². The van der Waals surface area contributed by atoms with Crippen LogP contribution in [-0.2, 0) is 0 Å². The van der Waals surface area contributed by atoms with Crippen molar-refractivity contribution in [1.29, 1.82) is 0 Å². The number of hydrogen-bond acceptors (Lipinski definition) is 4. The van der Waals surface area contributed by atoms with Gasteiger partial charge in [0.05, 0.1) is 23.0 Å². The minimum absolute atomic E-state index is 0.154. The molecule has 0 spiro atoms. The number of fused-ring (bicyclic) bond motifs is 1. The number of rotatable bonds is 4. The summed E-state index contributed by atoms with van der Waals surface area (Å²) < 4.78 is 14.7. The third-order valence-corrected chi connectivity index (χ3v) is 6.71. The Hall–Kier alpha value is -3.90. The van der Waals surface area contributed by atoms with Gasteiger partial charge in [-0.1, -0.05) is 88.7 Å². The van der Waals surface area contributed by atoms with Crippen LogP contribution in [-0.4, -0.2) is 15.7 Å². The fourth-order valence-corrected chi connectivity index (χ4v) is 4.70. The monoisotopic (exact) mass is 522 g/mol. The van der Waals surface area contributed by atoms with E-state index in [1.807, 2.05) is 83.9 Å². The molecule has 0 radical (unpaired) electrons. The van der Waals surface area contributed by atoms with E-state index in [0.717, 1.165) is 43.5 Å². The van der Waals surface area contributed by atoms with Gasteiger partial charge in [0.15, 0.2) is 0 Å². The summed E-state index contributed by atoms with van der Waals surface area (Å²) in [5, 5.41) is 7.86. The zero-order valence-electron chi connectivity index (χ0n) is 18.6. The molecule has 170 valence electrons. The molecule has 0 bridgehead atoms. The van der Waals surface area contributed by atoms with Crippen LogP contribution in [0.5, 0.6) is 0 Å². The second-order valence-corrected chi connectivity index (χ2v) is 9.34. The first-order valence-electron chi connectivity index (χ1n) is 11.4. The van der Waals surface area contributed by atoms with Gasteiger partial charge in [-0.15, -0.1) is 0 Å². The molecule has 1 aliphatic heterocycles. The number of anilines is 1. The van der Waals surface area contributed by atoms with Crippen LogP contribution in [0, 0.1) is 5.82 Å². The van der Waals surface area contributed by atoms with Crippen LogP contribution in [0.1, 0.15) is 23.6 Å². The second kappa shape index (κ2) is 9.04. The Bertz CT molecular complexity index is 1530. The molecule has 4 nitrogen and oxygen atoms in total. The van der Waals surface area contributed by atoms with E-state index < -0.39 is 0 Å². The van der Waals surface area contributed by atoms with Crippen molar-refractivity contribution in [3.8, 4) is 11.3 Å². The Labute approximate surface area is 210 Å². The quantitative estimate of drug-likeness (QED) is 0.244. The molecule has 0 saturated heterocycles. The summed E-state index contributed by atoms with van der Waals surface area (Å²) in [4.78, 5) is 9.92. The van der Waals surface area contributed by atoms with Crippen molar-refractivity contribution in [3.63, 3.8) is 0 Å². The van der Waals surface area contributed by atoms with E-state index >= 15 is 0 Å². The van der Waals surface area contributed by atoms with Gasteiger partial charge in [-0.3, -0.25) is 0 Å². The Morgan fingerprint density at radius 3 is 2.23 bits per heavy atom. The summed E-state index contributed by atoms with van der Waals surface area (Å²) in [5.74, 6) is 0.254. The van der Waals surface area contributed by atoms with Gasteiger partial charge < -0.3 is 0 Å². The normalized spacial score (nSPS) is 15.4. The standard InChI is InChI=1S/C29H20BrFN4/c30-22-14-10-19(11-15-22)26-18-27(20-12-16-23(31)17-13-20)35(34-26)29-32-25-9-5-4-8-24(25)28(33-29)21-6-2-1-3-7-21/h1-17,27H,18H2/t27-/m1/s1. The molecule has 6 rings (SSSR count). The van der Waals surface area contributed by atoms with E-state index in [1.165, 1.54) is 12.1 Å². The third-order valence-electron chi connectivity index (χ3n) is 6.19. The van der Waals surface area contributed by atoms with Crippen molar-refractivity contribution >= 4 is 38.5 Å². The fraction of sp³-hybridized carbons (Fsp3) is 0.0690. The minimum Gasteiger partial charge on any atom is -0.223 e. The average Bonchev–Trinajstić information content (AvgIpc) is 3.35. The SMILES string of the molecule is Fc1ccc([C@H]2CC(c3ccc(Br)cc3)=NN2c2nc(-c3ccccc3)c3ccccc3n2)cc1. The summed E-state index contributed by atoms with van der Waals surface area (Å²) in [5.41, 5.74) is 5.65. The van der Waals surface area contributed by atoms with Crippen molar-refractivity contribution in [2.75, 3.05) is 5.01 Å². The Morgan fingerprint density at radius 1 is 0.743 bits per heavy atom. The zero-order valence-corrected chi connectivity index (χ0v) is 20.2. The minimum atomic E-state index is -0.263. The molecule has 1 aliphatic rings. The van der Waals surface area contributed by atoms with E-state index in [0.29, 0.717) is 12.4 Å². The lowest BCUT2D eigenvalue weighted by Gasteiger charge is -2.23. The number of para-hydroxylation sites is 1. The van der Waals surface area contributed by atoms with Gasteiger partial charge in [-0.25, -0.2) is 19.4 Å². The smallest absolute Gasteiger partial charge is 0.223 e. The highest BCUT2D eigenvalue weighted by atomic mass is 79.9. The summed E-state index contributed by atoms with van der Waals surface area (Å²) in [6.07, 6.45) is 0.657. The molecule has 35 heavy (non-hydrogen) atoms. The van der Waals surface area contributed by atoms with Crippen molar-refractivity contribution in [2.24, 2.45) is 5.10 Å². The molecule has 0 saturated carbocycles. The van der Waals surface area contributed by atoms with E-state index in [2.05, 4.69) is 28.1 Å². The predicted octanol–water partition coefficient (Wildman–Crippen LogP) is 7.55. The molecule has 5 aromatic rings. The predicted molar refractivity (Wildman–Crippen MR) is 142 cm³/mol. The molecule has 6 heteroatoms. The molecular weight excluding hydrogens is 503 g/mol. The van der Waals surface area contributed by atoms with E-state index in [4.69, 9.17) is 15.1 Å². The fourth-order valence-electron chi connectivity index (χ4n) is 4.44. The van der Waals surface area contributed by atoms with Crippen LogP contribution in [0.2, 0.25) is 0 Å². The molecule has 0 fully saturated rings. The number of benzene rings is 4. The topological polar surface area (TPSA) is 41.4 Å². The molecular formula is C29H20BrFN4. The van der Waals surface area contributed by atoms with Crippen LogP contribution in [0.15, 0.2) is 113 Å². The molecule has 0 amide bonds. The zero-order chi connectivity index (χ0) is 23.8. The van der Waals surface area contributed by atoms with Gasteiger partial charge in [0.1, 0.15) is 5.82 Å². The highest BCUT2D eigenvalue weighted by molar-refractivity contribution is 9.10. The highest BCUT2D eigenvalue weighted by Gasteiger charge is 2.32. The van der Waals surface area contributed by atoms with Crippen LogP contribution in [0.3, 0.4) is 0 Å². The molecule has 0 aliphatic carbocycles. The van der Waals surface area contributed by atoms with Gasteiger partial charge in [-0.2, -0.15) is 5.10 Å². The van der Waals surface area contributed by atoms with Crippen molar-refractivity contribution in [3.05, 3.63) is 125 Å². The molecule has 1 atom stereocenters. The first kappa shape index (κ1) is 21.6. The number of halogens is 2.